The maximum Gasteiger partial charge on any atom is 0.271 e. The second-order valence-corrected chi connectivity index (χ2v) is 8.65. The summed E-state index contributed by atoms with van der Waals surface area (Å²) in [5.41, 5.74) is 0.626. The summed E-state index contributed by atoms with van der Waals surface area (Å²) in [7, 11) is 1.51. The lowest BCUT2D eigenvalue weighted by Gasteiger charge is -2.49. The normalized spacial score (nSPS) is 19.0. The van der Waals surface area contributed by atoms with Crippen molar-refractivity contribution in [3.63, 3.8) is 0 Å². The smallest absolute Gasteiger partial charge is 0.271 e. The zero-order valence-electron chi connectivity index (χ0n) is 18.5. The van der Waals surface area contributed by atoms with Crippen LogP contribution in [-0.4, -0.2) is 35.4 Å². The molecule has 1 saturated heterocycles. The lowest BCUT2D eigenvalue weighted by molar-refractivity contribution is -0.129. The monoisotopic (exact) mass is 475 g/mol. The standard InChI is InChI=1S/C26H22ClN3O4/c1-34-22-12-11-18(15-20(22)27)28-25(33)26-14-13-23(31)30(26)21-10-6-5-9-19(21)24(32)29(26)16-17-7-3-2-4-8-17/h2-12,15H,13-14,16H2,1H3,(H,28,33)/t26-/m0/s1. The first kappa shape index (κ1) is 22.0. The molecule has 1 N–H and O–H groups in total. The van der Waals surface area contributed by atoms with E-state index in [1.54, 1.807) is 42.5 Å². The molecule has 2 heterocycles. The van der Waals surface area contributed by atoms with Crippen molar-refractivity contribution in [3.8, 4) is 5.75 Å². The predicted molar refractivity (Wildman–Crippen MR) is 129 cm³/mol. The highest BCUT2D eigenvalue weighted by Gasteiger charge is 2.60. The molecule has 0 saturated carbocycles. The van der Waals surface area contributed by atoms with Gasteiger partial charge in [0.1, 0.15) is 5.75 Å². The van der Waals surface area contributed by atoms with Crippen LogP contribution in [-0.2, 0) is 16.1 Å². The Morgan fingerprint density at radius 1 is 1.06 bits per heavy atom. The van der Waals surface area contributed by atoms with E-state index in [4.69, 9.17) is 16.3 Å². The summed E-state index contributed by atoms with van der Waals surface area (Å²) in [4.78, 5) is 43.8. The number of hydrogen-bond acceptors (Lipinski definition) is 4. The predicted octanol–water partition coefficient (Wildman–Crippen LogP) is 4.47. The molecule has 2 aliphatic heterocycles. The molecule has 0 unspecified atom stereocenters. The maximum atomic E-state index is 14.0. The molecule has 0 bridgehead atoms. The zero-order valence-corrected chi connectivity index (χ0v) is 19.2. The number of nitrogens with zero attached hydrogens (tertiary/aromatic N) is 2. The van der Waals surface area contributed by atoms with Crippen LogP contribution < -0.4 is 15.0 Å². The molecule has 2 aliphatic rings. The van der Waals surface area contributed by atoms with Gasteiger partial charge in [0.2, 0.25) is 11.6 Å². The van der Waals surface area contributed by atoms with Crippen LogP contribution in [0.15, 0.2) is 72.8 Å². The van der Waals surface area contributed by atoms with E-state index in [2.05, 4.69) is 5.32 Å². The fourth-order valence-electron chi connectivity index (χ4n) is 4.74. The highest BCUT2D eigenvalue weighted by molar-refractivity contribution is 6.32. The van der Waals surface area contributed by atoms with Gasteiger partial charge in [0.15, 0.2) is 0 Å². The molecule has 3 aromatic rings. The van der Waals surface area contributed by atoms with Crippen molar-refractivity contribution in [2.24, 2.45) is 0 Å². The number of amides is 3. The van der Waals surface area contributed by atoms with Gasteiger partial charge in [-0.05, 0) is 35.9 Å². The van der Waals surface area contributed by atoms with Crippen LogP contribution in [0, 0.1) is 0 Å². The molecule has 3 amide bonds. The first-order valence-corrected chi connectivity index (χ1v) is 11.3. The van der Waals surface area contributed by atoms with Gasteiger partial charge in [-0.3, -0.25) is 19.3 Å². The molecule has 0 aliphatic carbocycles. The van der Waals surface area contributed by atoms with Gasteiger partial charge in [0.25, 0.3) is 11.8 Å². The van der Waals surface area contributed by atoms with Gasteiger partial charge in [0, 0.05) is 25.1 Å². The maximum absolute atomic E-state index is 14.0. The number of nitrogens with one attached hydrogen (secondary N) is 1. The van der Waals surface area contributed by atoms with Crippen molar-refractivity contribution in [1.82, 2.24) is 4.90 Å². The molecule has 0 spiro atoms. The van der Waals surface area contributed by atoms with Gasteiger partial charge < -0.3 is 15.0 Å². The SMILES string of the molecule is COc1ccc(NC(=O)[C@]23CCC(=O)N2c2ccccc2C(=O)N3Cc2ccccc2)cc1Cl. The van der Waals surface area contributed by atoms with Gasteiger partial charge >= 0.3 is 0 Å². The van der Waals surface area contributed by atoms with E-state index in [1.807, 2.05) is 30.3 Å². The topological polar surface area (TPSA) is 79.0 Å². The van der Waals surface area contributed by atoms with E-state index in [1.165, 1.54) is 16.9 Å². The van der Waals surface area contributed by atoms with Gasteiger partial charge in [-0.2, -0.15) is 0 Å². The summed E-state index contributed by atoms with van der Waals surface area (Å²) in [6, 6.07) is 21.2. The van der Waals surface area contributed by atoms with Crippen molar-refractivity contribution in [3.05, 3.63) is 88.9 Å². The molecule has 1 fully saturated rings. The molecule has 5 rings (SSSR count). The van der Waals surface area contributed by atoms with E-state index >= 15 is 0 Å². The van der Waals surface area contributed by atoms with Crippen LogP contribution >= 0.6 is 11.6 Å². The van der Waals surface area contributed by atoms with Crippen LogP contribution in [0.3, 0.4) is 0 Å². The number of hydrogen-bond donors (Lipinski definition) is 1. The van der Waals surface area contributed by atoms with E-state index in [0.717, 1.165) is 5.56 Å². The fraction of sp³-hybridized carbons (Fsp3) is 0.192. The molecule has 3 aromatic carbocycles. The number of carbonyl (C=O) groups excluding carboxylic acids is 3. The molecule has 0 aromatic heterocycles. The van der Waals surface area contributed by atoms with Gasteiger partial charge in [-0.15, -0.1) is 0 Å². The molecular weight excluding hydrogens is 454 g/mol. The number of benzene rings is 3. The van der Waals surface area contributed by atoms with Crippen LogP contribution in [0.4, 0.5) is 11.4 Å². The summed E-state index contributed by atoms with van der Waals surface area (Å²) < 4.78 is 5.19. The highest BCUT2D eigenvalue weighted by Crippen LogP contribution is 2.45. The largest absolute Gasteiger partial charge is 0.495 e. The fourth-order valence-corrected chi connectivity index (χ4v) is 5.00. The van der Waals surface area contributed by atoms with Crippen molar-refractivity contribution < 1.29 is 19.1 Å². The third kappa shape index (κ3) is 3.40. The van der Waals surface area contributed by atoms with Crippen molar-refractivity contribution >= 4 is 40.7 Å². The molecule has 172 valence electrons. The van der Waals surface area contributed by atoms with E-state index < -0.39 is 11.6 Å². The second kappa shape index (κ2) is 8.50. The minimum atomic E-state index is -1.51. The number of anilines is 2. The molecular formula is C26H22ClN3O4. The minimum absolute atomic E-state index is 0.143. The Bertz CT molecular complexity index is 1300. The summed E-state index contributed by atoms with van der Waals surface area (Å²) in [6.07, 6.45) is 0.318. The van der Waals surface area contributed by atoms with Crippen LogP contribution in [0.2, 0.25) is 5.02 Å². The van der Waals surface area contributed by atoms with Crippen molar-refractivity contribution in [2.75, 3.05) is 17.3 Å². The Kier molecular flexibility index (Phi) is 5.49. The third-order valence-electron chi connectivity index (χ3n) is 6.33. The number of ether oxygens (including phenoxy) is 1. The quantitative estimate of drug-likeness (QED) is 0.590. The van der Waals surface area contributed by atoms with E-state index in [0.29, 0.717) is 27.7 Å². The van der Waals surface area contributed by atoms with Crippen LogP contribution in [0.25, 0.3) is 0 Å². The Morgan fingerprint density at radius 3 is 2.53 bits per heavy atom. The van der Waals surface area contributed by atoms with Crippen LogP contribution in [0.5, 0.6) is 5.75 Å². The summed E-state index contributed by atoms with van der Waals surface area (Å²) in [5, 5.41) is 3.22. The number of methoxy groups -OCH3 is 1. The molecule has 34 heavy (non-hydrogen) atoms. The highest BCUT2D eigenvalue weighted by atomic mass is 35.5. The molecule has 0 radical (unpaired) electrons. The first-order valence-electron chi connectivity index (χ1n) is 10.9. The lowest BCUT2D eigenvalue weighted by Crippen LogP contribution is -2.69. The minimum Gasteiger partial charge on any atom is -0.495 e. The van der Waals surface area contributed by atoms with Gasteiger partial charge in [-0.1, -0.05) is 54.1 Å². The number of rotatable bonds is 5. The Morgan fingerprint density at radius 2 is 1.79 bits per heavy atom. The van der Waals surface area contributed by atoms with E-state index in [9.17, 15) is 14.4 Å². The number of para-hydroxylation sites is 1. The summed E-state index contributed by atoms with van der Waals surface area (Å²) in [6.45, 7) is 0.175. The number of halogens is 1. The summed E-state index contributed by atoms with van der Waals surface area (Å²) >= 11 is 6.25. The average Bonchev–Trinajstić information content (AvgIpc) is 3.21. The molecule has 8 heteroatoms. The Balaban J connectivity index is 1.62. The molecule has 7 nitrogen and oxygen atoms in total. The van der Waals surface area contributed by atoms with Crippen molar-refractivity contribution in [1.29, 1.82) is 0 Å². The third-order valence-corrected chi connectivity index (χ3v) is 6.63. The van der Waals surface area contributed by atoms with Gasteiger partial charge in [0.05, 0.1) is 23.4 Å². The van der Waals surface area contributed by atoms with Crippen molar-refractivity contribution in [2.45, 2.75) is 25.0 Å². The van der Waals surface area contributed by atoms with E-state index in [-0.39, 0.29) is 31.2 Å². The molecule has 1 atom stereocenters. The number of carbonyl (C=O) groups is 3. The Hall–Kier alpha value is -3.84. The second-order valence-electron chi connectivity index (χ2n) is 8.24. The van der Waals surface area contributed by atoms with Crippen LogP contribution in [0.1, 0.15) is 28.8 Å². The average molecular weight is 476 g/mol. The zero-order chi connectivity index (χ0) is 23.9. The first-order chi connectivity index (χ1) is 16.5. The van der Waals surface area contributed by atoms with Gasteiger partial charge in [-0.25, -0.2) is 0 Å². The number of fused-ring (bicyclic) bond motifs is 3. The Labute approximate surface area is 201 Å². The summed E-state index contributed by atoms with van der Waals surface area (Å²) in [5.74, 6) is -0.504. The lowest BCUT2D eigenvalue weighted by atomic mass is 9.94.